The van der Waals surface area contributed by atoms with Crippen LogP contribution in [-0.4, -0.2) is 25.6 Å². The van der Waals surface area contributed by atoms with Crippen LogP contribution in [0.4, 0.5) is 11.4 Å². The average molecular weight is 881 g/mol. The van der Waals surface area contributed by atoms with Gasteiger partial charge in [-0.15, -0.1) is 45.3 Å². The van der Waals surface area contributed by atoms with Crippen molar-refractivity contribution in [2.75, 3.05) is 11.5 Å². The van der Waals surface area contributed by atoms with Gasteiger partial charge in [0.2, 0.25) is 0 Å². The molecule has 7 heterocycles. The third kappa shape index (κ3) is 6.84. The Balaban J connectivity index is 1.27. The predicted molar refractivity (Wildman–Crippen MR) is 257 cm³/mol. The van der Waals surface area contributed by atoms with Gasteiger partial charge < -0.3 is 11.5 Å². The van der Waals surface area contributed by atoms with Gasteiger partial charge in [0.15, 0.2) is 0 Å². The monoisotopic (exact) mass is 880 g/mol. The molecule has 0 bridgehead atoms. The van der Waals surface area contributed by atoms with Crippen molar-refractivity contribution in [3.05, 3.63) is 59.3 Å². The first-order chi connectivity index (χ1) is 27.9. The molecule has 0 saturated carbocycles. The molecular weight excluding hydrogens is 833 g/mol. The molecule has 8 aromatic rings. The molecule has 1 aliphatic rings. The van der Waals surface area contributed by atoms with E-state index in [4.69, 9.17) is 29.0 Å². The molecule has 0 spiro atoms. The molecule has 1 aliphatic heterocycles. The summed E-state index contributed by atoms with van der Waals surface area (Å²) in [4.78, 5) is 7.67. The minimum absolute atomic E-state index is 0.681. The molecule has 4 N–H and O–H groups in total. The fourth-order valence-corrected chi connectivity index (χ4v) is 22.5. The number of unbranched alkanes of at least 4 members (excludes halogenated alkanes) is 2. The van der Waals surface area contributed by atoms with Crippen LogP contribution in [0.3, 0.4) is 0 Å². The third-order valence-corrected chi connectivity index (χ3v) is 23.4. The van der Waals surface area contributed by atoms with Crippen LogP contribution in [0.25, 0.3) is 73.6 Å². The first kappa shape index (κ1) is 39.2. The van der Waals surface area contributed by atoms with Crippen LogP contribution in [0, 0.1) is 11.8 Å². The Labute approximate surface area is 360 Å². The number of fused-ring (bicyclic) bond motifs is 5. The zero-order valence-corrected chi connectivity index (χ0v) is 38.8. The van der Waals surface area contributed by atoms with Crippen LogP contribution in [-0.2, 0) is 0 Å². The Hall–Kier alpha value is -3.30. The zero-order valence-electron chi connectivity index (χ0n) is 32.9. The standard InChI is InChI=1S/C44H48N6S6Si/c1-5-9-13-25(7-3)23-57(24-26(8-4)14-10-6-2)35-21-33(37-29(45)19-27(31-15-11-17-51-31)39-41(37)49-55-47-39)53-43(35)44-36(57)22-34(54-44)38-30(46)20-28(32-16-12-18-52-32)40-42(38)50-56-48-40/h11-12,15-22,25-26H,5-10,13-14,23-24,45-46H2,1-4H3. The SMILES string of the molecule is CCCCC(CC)C[Si]1(CC(CC)CCCC)c2cc(-c3c(N)cc(-c4cccs4)c4nsnc34)sc2-c2sc(-c3c(N)cc(-c4cccs4)c4nsnc34)cc21. The van der Waals surface area contributed by atoms with E-state index in [-0.39, 0.29) is 0 Å². The van der Waals surface area contributed by atoms with E-state index in [1.165, 1.54) is 116 Å². The zero-order chi connectivity index (χ0) is 39.3. The molecule has 294 valence electrons. The molecule has 57 heavy (non-hydrogen) atoms. The minimum atomic E-state index is -2.34. The highest BCUT2D eigenvalue weighted by Gasteiger charge is 2.50. The Morgan fingerprint density at radius 1 is 0.579 bits per heavy atom. The number of benzene rings is 2. The minimum Gasteiger partial charge on any atom is -0.398 e. The lowest BCUT2D eigenvalue weighted by Crippen LogP contribution is -2.56. The van der Waals surface area contributed by atoms with E-state index in [0.29, 0.717) is 11.8 Å². The van der Waals surface area contributed by atoms with Gasteiger partial charge in [0.05, 0.1) is 23.5 Å². The van der Waals surface area contributed by atoms with Crippen LogP contribution < -0.4 is 21.8 Å². The molecule has 0 fully saturated rings. The van der Waals surface area contributed by atoms with E-state index in [9.17, 15) is 0 Å². The first-order valence-electron chi connectivity index (χ1n) is 20.4. The van der Waals surface area contributed by atoms with Gasteiger partial charge in [0.25, 0.3) is 0 Å². The normalized spacial score (nSPS) is 14.5. The Kier molecular flexibility index (Phi) is 11.3. The molecule has 6 nitrogen and oxygen atoms in total. The second-order valence-electron chi connectivity index (χ2n) is 15.7. The fourth-order valence-electron chi connectivity index (χ4n) is 9.30. The van der Waals surface area contributed by atoms with Crippen molar-refractivity contribution >= 4 is 121 Å². The summed E-state index contributed by atoms with van der Waals surface area (Å²) in [5.74, 6) is 1.36. The summed E-state index contributed by atoms with van der Waals surface area (Å²) < 4.78 is 19.6. The third-order valence-electron chi connectivity index (χ3n) is 12.3. The van der Waals surface area contributed by atoms with E-state index in [0.717, 1.165) is 55.7 Å². The van der Waals surface area contributed by atoms with Gasteiger partial charge in [0, 0.05) is 62.9 Å². The van der Waals surface area contributed by atoms with Crippen molar-refractivity contribution in [1.29, 1.82) is 0 Å². The predicted octanol–water partition coefficient (Wildman–Crippen LogP) is 13.8. The van der Waals surface area contributed by atoms with Crippen molar-refractivity contribution < 1.29 is 0 Å². The van der Waals surface area contributed by atoms with E-state index < -0.39 is 8.07 Å². The van der Waals surface area contributed by atoms with E-state index in [1.807, 2.05) is 22.7 Å². The van der Waals surface area contributed by atoms with E-state index in [1.54, 1.807) is 33.0 Å². The van der Waals surface area contributed by atoms with Gasteiger partial charge in [-0.3, -0.25) is 0 Å². The van der Waals surface area contributed by atoms with Crippen molar-refractivity contribution in [3.8, 4) is 51.5 Å². The largest absolute Gasteiger partial charge is 0.398 e. The van der Waals surface area contributed by atoms with Crippen molar-refractivity contribution in [1.82, 2.24) is 17.5 Å². The lowest BCUT2D eigenvalue weighted by atomic mass is 10.0. The van der Waals surface area contributed by atoms with Gasteiger partial charge in [-0.05, 0) is 81.5 Å². The molecule has 0 aliphatic carbocycles. The van der Waals surface area contributed by atoms with Crippen molar-refractivity contribution in [2.24, 2.45) is 11.8 Å². The summed E-state index contributed by atoms with van der Waals surface area (Å²) in [5.41, 5.74) is 23.7. The maximum absolute atomic E-state index is 7.10. The summed E-state index contributed by atoms with van der Waals surface area (Å²) in [6, 6.07) is 20.5. The number of thiophene rings is 4. The maximum Gasteiger partial charge on any atom is 0.122 e. The number of nitrogens with zero attached hydrogens (tertiary/aromatic N) is 4. The highest BCUT2D eigenvalue weighted by atomic mass is 32.1. The topological polar surface area (TPSA) is 104 Å². The second-order valence-corrected chi connectivity index (χ2v) is 24.8. The van der Waals surface area contributed by atoms with Gasteiger partial charge in [-0.1, -0.05) is 91.2 Å². The number of anilines is 2. The lowest BCUT2D eigenvalue weighted by molar-refractivity contribution is 0.469. The number of nitrogen functional groups attached to an aromatic ring is 2. The molecule has 2 atom stereocenters. The van der Waals surface area contributed by atoms with Gasteiger partial charge >= 0.3 is 0 Å². The molecule has 6 aromatic heterocycles. The van der Waals surface area contributed by atoms with Crippen LogP contribution in [0.5, 0.6) is 0 Å². The molecule has 0 saturated heterocycles. The highest BCUT2D eigenvalue weighted by Crippen LogP contribution is 2.52. The number of nitrogens with two attached hydrogens (primary N) is 2. The van der Waals surface area contributed by atoms with Crippen LogP contribution >= 0.6 is 68.8 Å². The highest BCUT2D eigenvalue weighted by molar-refractivity contribution is 7.32. The maximum atomic E-state index is 7.10. The molecule has 2 unspecified atom stereocenters. The summed E-state index contributed by atoms with van der Waals surface area (Å²) >= 11 is 9.87. The van der Waals surface area contributed by atoms with Gasteiger partial charge in [-0.25, -0.2) is 0 Å². The van der Waals surface area contributed by atoms with Crippen LogP contribution in [0.15, 0.2) is 59.3 Å². The molecular formula is C44H48N6S6Si. The van der Waals surface area contributed by atoms with Crippen molar-refractivity contribution in [2.45, 2.75) is 91.1 Å². The second kappa shape index (κ2) is 16.4. The Bertz CT molecular complexity index is 2470. The summed E-state index contributed by atoms with van der Waals surface area (Å²) in [5, 5.41) is 7.48. The number of hydrogen-bond acceptors (Lipinski definition) is 12. The molecule has 0 amide bonds. The fraction of sp³-hybridized carbons (Fsp3) is 0.364. The first-order valence-corrected chi connectivity index (χ1v) is 27.6. The van der Waals surface area contributed by atoms with E-state index in [2.05, 4.69) is 87.0 Å². The Morgan fingerprint density at radius 2 is 1.02 bits per heavy atom. The molecule has 2 aromatic carbocycles. The summed E-state index contributed by atoms with van der Waals surface area (Å²) in [7, 11) is -2.34. The van der Waals surface area contributed by atoms with Crippen molar-refractivity contribution in [3.63, 3.8) is 0 Å². The molecule has 9 rings (SSSR count). The number of rotatable bonds is 16. The number of hydrogen-bond donors (Lipinski definition) is 2. The quantitative estimate of drug-likeness (QED) is 0.0740. The van der Waals surface area contributed by atoms with Gasteiger partial charge in [-0.2, -0.15) is 17.5 Å². The molecule has 13 heteroatoms. The molecule has 0 radical (unpaired) electrons. The van der Waals surface area contributed by atoms with Crippen LogP contribution in [0.1, 0.15) is 79.1 Å². The van der Waals surface area contributed by atoms with E-state index >= 15 is 0 Å². The lowest BCUT2D eigenvalue weighted by Gasteiger charge is -2.35. The number of aromatic nitrogens is 4. The smallest absolute Gasteiger partial charge is 0.122 e. The Morgan fingerprint density at radius 3 is 1.40 bits per heavy atom. The average Bonchev–Trinajstić information content (AvgIpc) is 4.07. The van der Waals surface area contributed by atoms with Crippen LogP contribution in [0.2, 0.25) is 12.1 Å². The summed E-state index contributed by atoms with van der Waals surface area (Å²) in [6.07, 6.45) is 10.0. The summed E-state index contributed by atoms with van der Waals surface area (Å²) in [6.45, 7) is 9.53. The van der Waals surface area contributed by atoms with Gasteiger partial charge in [0.1, 0.15) is 30.1 Å².